The van der Waals surface area contributed by atoms with Crippen molar-refractivity contribution in [2.45, 2.75) is 25.4 Å². The first-order valence-electron chi connectivity index (χ1n) is 8.08. The van der Waals surface area contributed by atoms with Crippen molar-refractivity contribution in [1.82, 2.24) is 10.2 Å². The fourth-order valence-electron chi connectivity index (χ4n) is 2.87. The standard InChI is InChI=1S/C19H22N2OS.ClH/c22-19(9-8-18-7-4-14-23-18)20-17-10-12-21(13-11-17)15-16-5-2-1-3-6-16;/h1-9,14,17H,10-13,15H2,(H,20,22);1H. The van der Waals surface area contributed by atoms with Gasteiger partial charge in [0.25, 0.3) is 0 Å². The molecule has 0 atom stereocenters. The smallest absolute Gasteiger partial charge is 0.244 e. The number of amides is 1. The maximum absolute atomic E-state index is 12.0. The zero-order chi connectivity index (χ0) is 15.9. The summed E-state index contributed by atoms with van der Waals surface area (Å²) in [5.41, 5.74) is 1.36. The molecule has 3 rings (SSSR count). The second kappa shape index (κ2) is 9.62. The normalized spacial score (nSPS) is 16.0. The SMILES string of the molecule is Cl.O=C(C=Cc1cccs1)NC1CCN(Cc2ccccc2)CC1. The lowest BCUT2D eigenvalue weighted by molar-refractivity contribution is -0.117. The van der Waals surface area contributed by atoms with Crippen molar-refractivity contribution >= 4 is 35.7 Å². The summed E-state index contributed by atoms with van der Waals surface area (Å²) in [7, 11) is 0. The lowest BCUT2D eigenvalue weighted by Crippen LogP contribution is -2.43. The van der Waals surface area contributed by atoms with Crippen LogP contribution in [0.4, 0.5) is 0 Å². The van der Waals surface area contributed by atoms with Gasteiger partial charge in [-0.05, 0) is 35.9 Å². The number of hydrogen-bond donors (Lipinski definition) is 1. The molecule has 0 radical (unpaired) electrons. The summed E-state index contributed by atoms with van der Waals surface area (Å²) < 4.78 is 0. The number of rotatable bonds is 5. The molecule has 1 fully saturated rings. The van der Waals surface area contributed by atoms with Crippen LogP contribution in [0.5, 0.6) is 0 Å². The molecule has 0 bridgehead atoms. The number of halogens is 1. The number of nitrogens with one attached hydrogen (secondary N) is 1. The maximum atomic E-state index is 12.0. The average Bonchev–Trinajstić information content (AvgIpc) is 3.09. The maximum Gasteiger partial charge on any atom is 0.244 e. The second-order valence-electron chi connectivity index (χ2n) is 5.89. The van der Waals surface area contributed by atoms with Crippen LogP contribution in [-0.4, -0.2) is 29.9 Å². The van der Waals surface area contributed by atoms with E-state index in [0.29, 0.717) is 6.04 Å². The van der Waals surface area contributed by atoms with Gasteiger partial charge >= 0.3 is 0 Å². The van der Waals surface area contributed by atoms with Crippen LogP contribution in [0.15, 0.2) is 53.9 Å². The third-order valence-electron chi connectivity index (χ3n) is 4.13. The highest BCUT2D eigenvalue weighted by Gasteiger charge is 2.19. The Hall–Kier alpha value is -1.62. The van der Waals surface area contributed by atoms with Gasteiger partial charge in [-0.1, -0.05) is 36.4 Å². The Kier molecular flexibility index (Phi) is 7.50. The molecule has 1 aliphatic heterocycles. The van der Waals surface area contributed by atoms with Gasteiger partial charge in [0.05, 0.1) is 0 Å². The van der Waals surface area contributed by atoms with Crippen LogP contribution in [0.2, 0.25) is 0 Å². The molecule has 0 unspecified atom stereocenters. The number of likely N-dealkylation sites (tertiary alicyclic amines) is 1. The zero-order valence-electron chi connectivity index (χ0n) is 13.6. The number of carbonyl (C=O) groups excluding carboxylic acids is 1. The van der Waals surface area contributed by atoms with Crippen LogP contribution in [0.1, 0.15) is 23.3 Å². The Bertz CT molecular complexity index is 635. The first-order valence-corrected chi connectivity index (χ1v) is 8.96. The molecule has 24 heavy (non-hydrogen) atoms. The van der Waals surface area contributed by atoms with Crippen LogP contribution in [0, 0.1) is 0 Å². The van der Waals surface area contributed by atoms with E-state index < -0.39 is 0 Å². The largest absolute Gasteiger partial charge is 0.350 e. The minimum Gasteiger partial charge on any atom is -0.350 e. The zero-order valence-corrected chi connectivity index (χ0v) is 15.2. The fraction of sp³-hybridized carbons (Fsp3) is 0.316. The van der Waals surface area contributed by atoms with Gasteiger partial charge in [-0.25, -0.2) is 0 Å². The van der Waals surface area contributed by atoms with Gasteiger partial charge in [0, 0.05) is 36.6 Å². The van der Waals surface area contributed by atoms with Crippen molar-refractivity contribution in [3.63, 3.8) is 0 Å². The van der Waals surface area contributed by atoms with Gasteiger partial charge in [0.1, 0.15) is 0 Å². The van der Waals surface area contributed by atoms with E-state index in [4.69, 9.17) is 0 Å². The highest BCUT2D eigenvalue weighted by molar-refractivity contribution is 7.10. The Morgan fingerprint density at radius 1 is 1.17 bits per heavy atom. The Labute approximate surface area is 153 Å². The summed E-state index contributed by atoms with van der Waals surface area (Å²) in [6.07, 6.45) is 5.56. The number of thiophene rings is 1. The molecule has 1 aromatic carbocycles. The van der Waals surface area contributed by atoms with Crippen molar-refractivity contribution in [3.05, 3.63) is 64.4 Å². The van der Waals surface area contributed by atoms with Crippen molar-refractivity contribution < 1.29 is 4.79 Å². The van der Waals surface area contributed by atoms with Crippen LogP contribution >= 0.6 is 23.7 Å². The molecular weight excluding hydrogens is 340 g/mol. The first-order chi connectivity index (χ1) is 11.3. The van der Waals surface area contributed by atoms with Gasteiger partial charge in [-0.15, -0.1) is 23.7 Å². The van der Waals surface area contributed by atoms with E-state index in [0.717, 1.165) is 37.4 Å². The molecule has 2 heterocycles. The van der Waals surface area contributed by atoms with Crippen LogP contribution in [0.3, 0.4) is 0 Å². The molecule has 1 aliphatic rings. The Balaban J connectivity index is 0.00000208. The first kappa shape index (κ1) is 18.7. The number of piperidine rings is 1. The third kappa shape index (κ3) is 5.78. The monoisotopic (exact) mass is 362 g/mol. The summed E-state index contributed by atoms with van der Waals surface area (Å²) >= 11 is 1.64. The van der Waals surface area contributed by atoms with E-state index in [9.17, 15) is 4.79 Å². The molecule has 3 nitrogen and oxygen atoms in total. The predicted octanol–water partition coefficient (Wildman–Crippen LogP) is 3.96. The molecule has 1 N–H and O–H groups in total. The number of carbonyl (C=O) groups is 1. The minimum absolute atomic E-state index is 0. The molecule has 5 heteroatoms. The van der Waals surface area contributed by atoms with E-state index in [1.165, 1.54) is 5.56 Å². The second-order valence-corrected chi connectivity index (χ2v) is 6.87. The van der Waals surface area contributed by atoms with Crippen LogP contribution in [0.25, 0.3) is 6.08 Å². The van der Waals surface area contributed by atoms with Gasteiger partial charge in [0.2, 0.25) is 5.91 Å². The fourth-order valence-corrected chi connectivity index (χ4v) is 3.49. The third-order valence-corrected chi connectivity index (χ3v) is 4.96. The van der Waals surface area contributed by atoms with Crippen molar-refractivity contribution in [3.8, 4) is 0 Å². The van der Waals surface area contributed by atoms with Crippen molar-refractivity contribution in [2.24, 2.45) is 0 Å². The molecule has 0 spiro atoms. The van der Waals surface area contributed by atoms with E-state index in [2.05, 4.69) is 40.5 Å². The molecule has 128 valence electrons. The number of nitrogens with zero attached hydrogens (tertiary/aromatic N) is 1. The summed E-state index contributed by atoms with van der Waals surface area (Å²) in [5.74, 6) is 0.0138. The lowest BCUT2D eigenvalue weighted by atomic mass is 10.0. The topological polar surface area (TPSA) is 32.3 Å². The summed E-state index contributed by atoms with van der Waals surface area (Å²) in [4.78, 5) is 15.5. The summed E-state index contributed by atoms with van der Waals surface area (Å²) in [6, 6.07) is 14.9. The van der Waals surface area contributed by atoms with Crippen molar-refractivity contribution in [1.29, 1.82) is 0 Å². The quantitative estimate of drug-likeness (QED) is 0.816. The van der Waals surface area contributed by atoms with Gasteiger partial charge in [-0.3, -0.25) is 9.69 Å². The van der Waals surface area contributed by atoms with Crippen LogP contribution < -0.4 is 5.32 Å². The highest BCUT2D eigenvalue weighted by Crippen LogP contribution is 2.14. The molecular formula is C19H23ClN2OS. The summed E-state index contributed by atoms with van der Waals surface area (Å²) in [6.45, 7) is 3.07. The van der Waals surface area contributed by atoms with E-state index in [1.54, 1.807) is 17.4 Å². The molecule has 0 aliphatic carbocycles. The van der Waals surface area contributed by atoms with Gasteiger partial charge in [0.15, 0.2) is 0 Å². The van der Waals surface area contributed by atoms with E-state index >= 15 is 0 Å². The Morgan fingerprint density at radius 3 is 2.58 bits per heavy atom. The molecule has 1 saturated heterocycles. The summed E-state index contributed by atoms with van der Waals surface area (Å²) in [5, 5.41) is 5.13. The van der Waals surface area contributed by atoms with E-state index in [1.807, 2.05) is 23.6 Å². The highest BCUT2D eigenvalue weighted by atomic mass is 35.5. The average molecular weight is 363 g/mol. The lowest BCUT2D eigenvalue weighted by Gasteiger charge is -2.32. The minimum atomic E-state index is 0. The van der Waals surface area contributed by atoms with E-state index in [-0.39, 0.29) is 18.3 Å². The molecule has 0 saturated carbocycles. The van der Waals surface area contributed by atoms with Crippen LogP contribution in [-0.2, 0) is 11.3 Å². The molecule has 1 amide bonds. The number of benzene rings is 1. The van der Waals surface area contributed by atoms with Crippen molar-refractivity contribution in [2.75, 3.05) is 13.1 Å². The predicted molar refractivity (Wildman–Crippen MR) is 103 cm³/mol. The molecule has 2 aromatic rings. The van der Waals surface area contributed by atoms with Gasteiger partial charge < -0.3 is 5.32 Å². The van der Waals surface area contributed by atoms with Gasteiger partial charge in [-0.2, -0.15) is 0 Å². The number of hydrogen-bond acceptors (Lipinski definition) is 3. The Morgan fingerprint density at radius 2 is 1.92 bits per heavy atom. The molecule has 1 aromatic heterocycles.